The summed E-state index contributed by atoms with van der Waals surface area (Å²) in [5.41, 5.74) is 2.07. The van der Waals surface area contributed by atoms with Crippen LogP contribution in [0.1, 0.15) is 35.3 Å². The van der Waals surface area contributed by atoms with Gasteiger partial charge in [-0.2, -0.15) is 5.26 Å². The maximum Gasteiger partial charge on any atom is 0.136 e. The number of nitrogens with zero attached hydrogens (tertiary/aromatic N) is 3. The molecule has 0 bridgehead atoms. The van der Waals surface area contributed by atoms with Gasteiger partial charge in [0, 0.05) is 19.0 Å². The predicted molar refractivity (Wildman–Crippen MR) is 72.1 cm³/mol. The maximum absolute atomic E-state index is 9.29. The van der Waals surface area contributed by atoms with Gasteiger partial charge in [0.15, 0.2) is 0 Å². The molecule has 0 aliphatic heterocycles. The lowest BCUT2D eigenvalue weighted by molar-refractivity contribution is 0.643. The van der Waals surface area contributed by atoms with E-state index in [1.54, 1.807) is 17.7 Å². The first-order valence-electron chi connectivity index (χ1n) is 5.97. The largest absolute Gasteiger partial charge is 0.369 e. The molecule has 17 heavy (non-hydrogen) atoms. The number of hydrogen-bond donors (Lipinski definition) is 0. The van der Waals surface area contributed by atoms with Crippen LogP contribution < -0.4 is 0 Å². The molecule has 1 aromatic heterocycles. The molecule has 4 heteroatoms. The minimum Gasteiger partial charge on any atom is -0.369 e. The zero-order valence-electron chi connectivity index (χ0n) is 10.4. The van der Waals surface area contributed by atoms with Crippen LogP contribution in [0.2, 0.25) is 0 Å². The van der Waals surface area contributed by atoms with E-state index in [4.69, 9.17) is 0 Å². The topological polar surface area (TPSA) is 39.4 Å². The van der Waals surface area contributed by atoms with Gasteiger partial charge >= 0.3 is 0 Å². The second-order valence-electron chi connectivity index (χ2n) is 4.56. The lowest BCUT2D eigenvalue weighted by Gasteiger charge is -2.01. The molecule has 0 N–H and O–H groups in total. The molecule has 1 heterocycles. The van der Waals surface area contributed by atoms with Crippen LogP contribution in [0.4, 0.5) is 5.00 Å². The van der Waals surface area contributed by atoms with Crippen molar-refractivity contribution in [3.05, 3.63) is 16.0 Å². The monoisotopic (exact) mass is 247 g/mol. The summed E-state index contributed by atoms with van der Waals surface area (Å²) in [4.78, 5) is 7.68. The normalized spacial score (nSPS) is 15.4. The molecule has 1 aliphatic carbocycles. The van der Waals surface area contributed by atoms with Crippen molar-refractivity contribution in [2.24, 2.45) is 4.99 Å². The maximum atomic E-state index is 9.29. The molecule has 0 saturated heterocycles. The van der Waals surface area contributed by atoms with Crippen LogP contribution in [0.25, 0.3) is 0 Å². The third-order valence-electron chi connectivity index (χ3n) is 2.92. The van der Waals surface area contributed by atoms with Gasteiger partial charge in [-0.15, -0.1) is 11.3 Å². The molecule has 2 rings (SSSR count). The Hall–Kier alpha value is -1.34. The molecular formula is C13H17N3S. The van der Waals surface area contributed by atoms with E-state index in [1.165, 1.54) is 29.7 Å². The summed E-state index contributed by atoms with van der Waals surface area (Å²) in [7, 11) is 3.88. The molecule has 0 aromatic carbocycles. The molecule has 0 fully saturated rings. The Morgan fingerprint density at radius 2 is 2.06 bits per heavy atom. The van der Waals surface area contributed by atoms with E-state index in [0.29, 0.717) is 0 Å². The van der Waals surface area contributed by atoms with Crippen molar-refractivity contribution in [3.8, 4) is 6.07 Å². The third-order valence-corrected chi connectivity index (χ3v) is 4.12. The lowest BCUT2D eigenvalue weighted by Crippen LogP contribution is -2.06. The molecule has 0 spiro atoms. The molecule has 1 aliphatic rings. The Labute approximate surface area is 106 Å². The summed E-state index contributed by atoms with van der Waals surface area (Å²) < 4.78 is 0. The van der Waals surface area contributed by atoms with E-state index in [-0.39, 0.29) is 0 Å². The number of rotatable bonds is 2. The first-order chi connectivity index (χ1) is 8.22. The average molecular weight is 247 g/mol. The van der Waals surface area contributed by atoms with Crippen molar-refractivity contribution in [3.63, 3.8) is 0 Å². The predicted octanol–water partition coefficient (Wildman–Crippen LogP) is 3.11. The molecule has 0 unspecified atom stereocenters. The summed E-state index contributed by atoms with van der Waals surface area (Å²) >= 11 is 1.69. The zero-order chi connectivity index (χ0) is 12.3. The minimum atomic E-state index is 0.810. The number of aliphatic imine (C=N–C) groups is 1. The fourth-order valence-corrected chi connectivity index (χ4v) is 3.28. The number of aryl methyl sites for hydroxylation is 1. The van der Waals surface area contributed by atoms with Gasteiger partial charge in [-0.1, -0.05) is 6.42 Å². The molecule has 90 valence electrons. The van der Waals surface area contributed by atoms with Gasteiger partial charge in [-0.3, -0.25) is 0 Å². The third kappa shape index (κ3) is 2.67. The summed E-state index contributed by atoms with van der Waals surface area (Å²) in [5.74, 6) is 0. The van der Waals surface area contributed by atoms with Crippen molar-refractivity contribution in [1.82, 2.24) is 4.90 Å². The molecule has 0 atom stereocenters. The fraction of sp³-hybridized carbons (Fsp3) is 0.538. The van der Waals surface area contributed by atoms with E-state index >= 15 is 0 Å². The van der Waals surface area contributed by atoms with Crippen molar-refractivity contribution in [1.29, 1.82) is 5.26 Å². The summed E-state index contributed by atoms with van der Waals surface area (Å²) in [6.45, 7) is 0. The first-order valence-corrected chi connectivity index (χ1v) is 6.79. The molecule has 1 aromatic rings. The first kappa shape index (κ1) is 12.1. The summed E-state index contributed by atoms with van der Waals surface area (Å²) in [6.07, 6.45) is 7.66. The number of thiophene rings is 1. The molecule has 0 saturated carbocycles. The van der Waals surface area contributed by atoms with Gasteiger partial charge in [0.2, 0.25) is 0 Å². The average Bonchev–Trinajstić information content (AvgIpc) is 2.46. The van der Waals surface area contributed by atoms with E-state index in [0.717, 1.165) is 23.4 Å². The summed E-state index contributed by atoms with van der Waals surface area (Å²) in [5, 5.41) is 10.2. The summed E-state index contributed by atoms with van der Waals surface area (Å²) in [6, 6.07) is 2.33. The molecule has 0 amide bonds. The number of nitriles is 1. The standard InChI is InChI=1S/C13H17N3S/c1-16(2)9-15-13-11(8-14)10-6-4-3-5-7-12(10)17-13/h9H,3-7H2,1-2H3. The van der Waals surface area contributed by atoms with Crippen molar-refractivity contribution >= 4 is 22.7 Å². The fourth-order valence-electron chi connectivity index (χ4n) is 2.10. The highest BCUT2D eigenvalue weighted by atomic mass is 32.1. The quantitative estimate of drug-likeness (QED) is 0.457. The highest BCUT2D eigenvalue weighted by Crippen LogP contribution is 2.38. The van der Waals surface area contributed by atoms with Crippen LogP contribution in [0, 0.1) is 11.3 Å². The van der Waals surface area contributed by atoms with Gasteiger partial charge in [-0.25, -0.2) is 4.99 Å². The van der Waals surface area contributed by atoms with Crippen LogP contribution >= 0.6 is 11.3 Å². The van der Waals surface area contributed by atoms with Gasteiger partial charge in [0.05, 0.1) is 11.9 Å². The van der Waals surface area contributed by atoms with E-state index < -0.39 is 0 Å². The van der Waals surface area contributed by atoms with Gasteiger partial charge < -0.3 is 4.90 Å². The van der Waals surface area contributed by atoms with E-state index in [1.807, 2.05) is 19.0 Å². The van der Waals surface area contributed by atoms with Crippen molar-refractivity contribution in [2.75, 3.05) is 14.1 Å². The second kappa shape index (κ2) is 5.33. The van der Waals surface area contributed by atoms with Crippen LogP contribution in [-0.2, 0) is 12.8 Å². The van der Waals surface area contributed by atoms with E-state index in [2.05, 4.69) is 11.1 Å². The highest BCUT2D eigenvalue weighted by molar-refractivity contribution is 7.16. The Bertz CT molecular complexity index is 466. The van der Waals surface area contributed by atoms with Crippen LogP contribution in [0.15, 0.2) is 4.99 Å². The number of hydrogen-bond acceptors (Lipinski definition) is 3. The zero-order valence-corrected chi connectivity index (χ0v) is 11.2. The van der Waals surface area contributed by atoms with Crippen molar-refractivity contribution in [2.45, 2.75) is 32.1 Å². The lowest BCUT2D eigenvalue weighted by atomic mass is 10.1. The van der Waals surface area contributed by atoms with Crippen LogP contribution in [-0.4, -0.2) is 25.3 Å². The minimum absolute atomic E-state index is 0.810. The Morgan fingerprint density at radius 1 is 1.29 bits per heavy atom. The second-order valence-corrected chi connectivity index (χ2v) is 5.65. The van der Waals surface area contributed by atoms with Gasteiger partial charge in [-0.05, 0) is 31.2 Å². The Morgan fingerprint density at radius 3 is 2.76 bits per heavy atom. The van der Waals surface area contributed by atoms with E-state index in [9.17, 15) is 5.26 Å². The van der Waals surface area contributed by atoms with Crippen molar-refractivity contribution < 1.29 is 0 Å². The van der Waals surface area contributed by atoms with Crippen LogP contribution in [0.5, 0.6) is 0 Å². The Balaban J connectivity index is 2.38. The smallest absolute Gasteiger partial charge is 0.136 e. The van der Waals surface area contributed by atoms with Gasteiger partial charge in [0.1, 0.15) is 11.1 Å². The SMILES string of the molecule is CN(C)C=Nc1sc2c(c1C#N)CCCCC2. The molecular weight excluding hydrogens is 230 g/mol. The van der Waals surface area contributed by atoms with Crippen LogP contribution in [0.3, 0.4) is 0 Å². The molecule has 3 nitrogen and oxygen atoms in total. The highest BCUT2D eigenvalue weighted by Gasteiger charge is 2.19. The number of fused-ring (bicyclic) bond motifs is 1. The Kier molecular flexibility index (Phi) is 3.80. The molecule has 0 radical (unpaired) electrons. The van der Waals surface area contributed by atoms with Gasteiger partial charge in [0.25, 0.3) is 0 Å².